The molecule has 0 saturated carbocycles. The monoisotopic (exact) mass is 330 g/mol. The smallest absolute Gasteiger partial charge is 0.252 e. The van der Waals surface area contributed by atoms with Crippen molar-refractivity contribution in [2.45, 2.75) is 31.4 Å². The summed E-state index contributed by atoms with van der Waals surface area (Å²) < 4.78 is 26.9. The standard InChI is InChI=1S/C14H22N2O3S2/c1-14(2,3)13(17)15-7-5-8-16(10-9-15)21(18,19)12-6-4-11-20-12/h4,6,11H,5,7-10H2,1-3H3. The van der Waals surface area contributed by atoms with Gasteiger partial charge in [0.2, 0.25) is 5.91 Å². The number of rotatable bonds is 2. The molecule has 1 amide bonds. The molecule has 0 aromatic carbocycles. The van der Waals surface area contributed by atoms with Crippen molar-refractivity contribution in [1.29, 1.82) is 0 Å². The van der Waals surface area contributed by atoms with Gasteiger partial charge in [0.05, 0.1) is 0 Å². The molecule has 1 aromatic heterocycles. The first-order valence-electron chi connectivity index (χ1n) is 7.06. The largest absolute Gasteiger partial charge is 0.341 e. The van der Waals surface area contributed by atoms with Crippen LogP contribution in [0.25, 0.3) is 0 Å². The first-order chi connectivity index (χ1) is 9.73. The summed E-state index contributed by atoms with van der Waals surface area (Å²) >= 11 is 1.23. The second kappa shape index (κ2) is 6.06. The summed E-state index contributed by atoms with van der Waals surface area (Å²) in [5.41, 5.74) is -0.429. The molecule has 0 bridgehead atoms. The summed E-state index contributed by atoms with van der Waals surface area (Å²) in [6.07, 6.45) is 0.673. The third kappa shape index (κ3) is 3.64. The molecule has 1 aromatic rings. The second-order valence-electron chi connectivity index (χ2n) is 6.23. The molecule has 0 N–H and O–H groups in total. The van der Waals surface area contributed by atoms with Gasteiger partial charge in [0.25, 0.3) is 10.0 Å². The predicted molar refractivity (Wildman–Crippen MR) is 83.7 cm³/mol. The van der Waals surface area contributed by atoms with E-state index in [-0.39, 0.29) is 5.91 Å². The molecule has 1 aliphatic heterocycles. The van der Waals surface area contributed by atoms with Gasteiger partial charge in [-0.1, -0.05) is 26.8 Å². The Kier molecular flexibility index (Phi) is 4.75. The number of hydrogen-bond donors (Lipinski definition) is 0. The minimum Gasteiger partial charge on any atom is -0.341 e. The fraction of sp³-hybridized carbons (Fsp3) is 0.643. The molecule has 2 heterocycles. The molecule has 5 nitrogen and oxygen atoms in total. The van der Waals surface area contributed by atoms with E-state index < -0.39 is 15.4 Å². The number of carbonyl (C=O) groups excluding carboxylic acids is 1. The van der Waals surface area contributed by atoms with Crippen molar-refractivity contribution in [3.05, 3.63) is 17.5 Å². The first kappa shape index (κ1) is 16.5. The van der Waals surface area contributed by atoms with Gasteiger partial charge in [-0.3, -0.25) is 4.79 Å². The highest BCUT2D eigenvalue weighted by molar-refractivity contribution is 7.91. The minimum atomic E-state index is -3.41. The van der Waals surface area contributed by atoms with Gasteiger partial charge in [-0.25, -0.2) is 8.42 Å². The van der Waals surface area contributed by atoms with Crippen LogP contribution in [0.3, 0.4) is 0 Å². The summed E-state index contributed by atoms with van der Waals surface area (Å²) in [5, 5.41) is 1.76. The van der Waals surface area contributed by atoms with Gasteiger partial charge < -0.3 is 4.90 Å². The lowest BCUT2D eigenvalue weighted by molar-refractivity contribution is -0.139. The summed E-state index contributed by atoms with van der Waals surface area (Å²) in [4.78, 5) is 14.1. The highest BCUT2D eigenvalue weighted by Gasteiger charge is 2.32. The van der Waals surface area contributed by atoms with Crippen molar-refractivity contribution in [1.82, 2.24) is 9.21 Å². The van der Waals surface area contributed by atoms with Crippen LogP contribution in [0.1, 0.15) is 27.2 Å². The molecule has 2 rings (SSSR count). The average Bonchev–Trinajstić information content (AvgIpc) is 2.82. The minimum absolute atomic E-state index is 0.0814. The fourth-order valence-electron chi connectivity index (χ4n) is 2.35. The van der Waals surface area contributed by atoms with Crippen LogP contribution in [0.5, 0.6) is 0 Å². The van der Waals surface area contributed by atoms with Gasteiger partial charge >= 0.3 is 0 Å². The summed E-state index contributed by atoms with van der Waals surface area (Å²) in [6, 6.07) is 3.37. The van der Waals surface area contributed by atoms with E-state index in [0.29, 0.717) is 36.8 Å². The molecular weight excluding hydrogens is 308 g/mol. The zero-order valence-corrected chi connectivity index (χ0v) is 14.3. The molecular formula is C14H22N2O3S2. The van der Waals surface area contributed by atoms with E-state index in [1.807, 2.05) is 20.8 Å². The average molecular weight is 330 g/mol. The Morgan fingerprint density at radius 1 is 1.19 bits per heavy atom. The number of amides is 1. The van der Waals surface area contributed by atoms with Crippen molar-refractivity contribution in [3.8, 4) is 0 Å². The normalized spacial score (nSPS) is 18.5. The lowest BCUT2D eigenvalue weighted by atomic mass is 9.94. The highest BCUT2D eigenvalue weighted by Crippen LogP contribution is 2.23. The Morgan fingerprint density at radius 2 is 1.90 bits per heavy atom. The van der Waals surface area contributed by atoms with Gasteiger partial charge in [-0.05, 0) is 17.9 Å². The van der Waals surface area contributed by atoms with Gasteiger partial charge in [-0.2, -0.15) is 4.31 Å². The molecule has 1 aliphatic rings. The Balaban J connectivity index is 2.10. The van der Waals surface area contributed by atoms with Crippen molar-refractivity contribution in [3.63, 3.8) is 0 Å². The lowest BCUT2D eigenvalue weighted by Gasteiger charge is -2.28. The maximum Gasteiger partial charge on any atom is 0.252 e. The van der Waals surface area contributed by atoms with Gasteiger partial charge in [-0.15, -0.1) is 11.3 Å². The second-order valence-corrected chi connectivity index (χ2v) is 9.34. The highest BCUT2D eigenvalue weighted by atomic mass is 32.2. The van der Waals surface area contributed by atoms with Gasteiger partial charge in [0, 0.05) is 31.6 Å². The van der Waals surface area contributed by atoms with Gasteiger partial charge in [0.15, 0.2) is 0 Å². The molecule has 1 saturated heterocycles. The van der Waals surface area contributed by atoms with Crippen LogP contribution in [0, 0.1) is 5.41 Å². The molecule has 0 atom stereocenters. The lowest BCUT2D eigenvalue weighted by Crippen LogP contribution is -2.42. The maximum atomic E-state index is 12.5. The Bertz CT molecular complexity index is 588. The van der Waals surface area contributed by atoms with Crippen molar-refractivity contribution >= 4 is 27.3 Å². The summed E-state index contributed by atoms with van der Waals surface area (Å²) in [6.45, 7) is 7.57. The molecule has 0 spiro atoms. The fourth-order valence-corrected chi connectivity index (χ4v) is 4.96. The Labute approximate surface area is 130 Å². The molecule has 0 aliphatic carbocycles. The number of carbonyl (C=O) groups is 1. The predicted octanol–water partition coefficient (Wildman–Crippen LogP) is 2.02. The van der Waals surface area contributed by atoms with Crippen LogP contribution in [0.4, 0.5) is 0 Å². The van der Waals surface area contributed by atoms with E-state index in [0.717, 1.165) is 0 Å². The van der Waals surface area contributed by atoms with Crippen LogP contribution in [0.15, 0.2) is 21.7 Å². The van der Waals surface area contributed by atoms with Crippen LogP contribution < -0.4 is 0 Å². The number of hydrogen-bond acceptors (Lipinski definition) is 4. The topological polar surface area (TPSA) is 57.7 Å². The number of thiophene rings is 1. The van der Waals surface area contributed by atoms with E-state index in [1.54, 1.807) is 22.4 Å². The Morgan fingerprint density at radius 3 is 2.48 bits per heavy atom. The third-order valence-electron chi connectivity index (χ3n) is 3.47. The summed E-state index contributed by atoms with van der Waals surface area (Å²) in [7, 11) is -3.41. The molecule has 0 unspecified atom stereocenters. The van der Waals surface area contributed by atoms with Crippen molar-refractivity contribution in [2.24, 2.45) is 5.41 Å². The SMILES string of the molecule is CC(C)(C)C(=O)N1CCCN(S(=O)(=O)c2cccs2)CC1. The third-order valence-corrected chi connectivity index (χ3v) is 6.74. The van der Waals surface area contributed by atoms with Crippen LogP contribution >= 0.6 is 11.3 Å². The van der Waals surface area contributed by atoms with E-state index in [9.17, 15) is 13.2 Å². The van der Waals surface area contributed by atoms with E-state index in [1.165, 1.54) is 15.6 Å². The number of nitrogens with zero attached hydrogens (tertiary/aromatic N) is 2. The van der Waals surface area contributed by atoms with E-state index in [2.05, 4.69) is 0 Å². The van der Waals surface area contributed by atoms with Crippen molar-refractivity contribution < 1.29 is 13.2 Å². The molecule has 1 fully saturated rings. The van der Waals surface area contributed by atoms with Gasteiger partial charge in [0.1, 0.15) is 4.21 Å². The van der Waals surface area contributed by atoms with E-state index in [4.69, 9.17) is 0 Å². The quantitative estimate of drug-likeness (QED) is 0.833. The van der Waals surface area contributed by atoms with Crippen LogP contribution in [-0.2, 0) is 14.8 Å². The molecule has 7 heteroatoms. The van der Waals surface area contributed by atoms with E-state index >= 15 is 0 Å². The number of sulfonamides is 1. The van der Waals surface area contributed by atoms with Crippen LogP contribution in [0.2, 0.25) is 0 Å². The Hall–Kier alpha value is -0.920. The maximum absolute atomic E-state index is 12.5. The van der Waals surface area contributed by atoms with Crippen LogP contribution in [-0.4, -0.2) is 49.7 Å². The molecule has 21 heavy (non-hydrogen) atoms. The molecule has 0 radical (unpaired) electrons. The zero-order valence-electron chi connectivity index (χ0n) is 12.7. The molecule has 118 valence electrons. The van der Waals surface area contributed by atoms with Crippen molar-refractivity contribution in [2.75, 3.05) is 26.2 Å². The first-order valence-corrected chi connectivity index (χ1v) is 9.38. The summed E-state index contributed by atoms with van der Waals surface area (Å²) in [5.74, 6) is 0.0814. The zero-order chi connectivity index (χ0) is 15.7.